The molecule has 0 saturated heterocycles. The van der Waals surface area contributed by atoms with Crippen molar-refractivity contribution in [2.75, 3.05) is 20.1 Å². The number of esters is 1. The van der Waals surface area contributed by atoms with Gasteiger partial charge in [0.05, 0.1) is 6.54 Å². The van der Waals surface area contributed by atoms with Crippen molar-refractivity contribution >= 4 is 11.9 Å². The third kappa shape index (κ3) is 5.31. The molecule has 0 saturated carbocycles. The summed E-state index contributed by atoms with van der Waals surface area (Å²) in [6, 6.07) is 0. The third-order valence-electron chi connectivity index (χ3n) is 2.30. The van der Waals surface area contributed by atoms with Crippen molar-refractivity contribution < 1.29 is 14.3 Å². The van der Waals surface area contributed by atoms with Crippen LogP contribution in [0, 0.1) is 0 Å². The summed E-state index contributed by atoms with van der Waals surface area (Å²) in [6.45, 7) is 9.15. The number of nitrogens with zero attached hydrogens (tertiary/aromatic N) is 3. The van der Waals surface area contributed by atoms with E-state index in [4.69, 9.17) is 4.74 Å². The average molecular weight is 281 g/mol. The molecular weight excluding hydrogens is 260 g/mol. The van der Waals surface area contributed by atoms with Crippen LogP contribution in [-0.4, -0.2) is 47.6 Å². The number of hydrogen-bond acceptors (Lipinski definition) is 5. The summed E-state index contributed by atoms with van der Waals surface area (Å²) in [6.07, 6.45) is 2.89. The standard InChI is InChI=1S/C13H21N4O3/c1-6-11(18)14-7-10-8-17(15-16(10)5)9-12(19)20-13(2,3)4/h6,8H,1,7,9H2,2-5H3,(H,14,18)/q-1. The molecule has 1 aliphatic heterocycles. The van der Waals surface area contributed by atoms with Gasteiger partial charge in [0.15, 0.2) is 0 Å². The van der Waals surface area contributed by atoms with E-state index in [0.29, 0.717) is 6.54 Å². The SMILES string of the molecule is C=CC(=O)NCC1=CN(CC(=O)OC(C)(C)C)[N-]N1C. The molecule has 1 heterocycles. The maximum absolute atomic E-state index is 11.7. The van der Waals surface area contributed by atoms with Crippen LogP contribution in [0.5, 0.6) is 0 Å². The zero-order valence-corrected chi connectivity index (χ0v) is 12.3. The molecular formula is C13H21N4O3-. The zero-order valence-electron chi connectivity index (χ0n) is 12.3. The molecule has 0 fully saturated rings. The molecule has 0 spiro atoms. The fraction of sp³-hybridized carbons (Fsp3) is 0.538. The largest absolute Gasteiger partial charge is 0.475 e. The fourth-order valence-electron chi connectivity index (χ4n) is 1.50. The van der Waals surface area contributed by atoms with E-state index >= 15 is 0 Å². The minimum atomic E-state index is -0.521. The van der Waals surface area contributed by atoms with Gasteiger partial charge in [0.1, 0.15) is 12.1 Å². The summed E-state index contributed by atoms with van der Waals surface area (Å²) >= 11 is 0. The lowest BCUT2D eigenvalue weighted by molar-refractivity contribution is -0.155. The molecule has 112 valence electrons. The van der Waals surface area contributed by atoms with E-state index < -0.39 is 5.60 Å². The predicted molar refractivity (Wildman–Crippen MR) is 75.0 cm³/mol. The third-order valence-corrected chi connectivity index (χ3v) is 2.30. The summed E-state index contributed by atoms with van der Waals surface area (Å²) in [5, 5.41) is 5.71. The number of rotatable bonds is 5. The molecule has 0 aliphatic carbocycles. The quantitative estimate of drug-likeness (QED) is 0.599. The normalized spacial score (nSPS) is 14.9. The van der Waals surface area contributed by atoms with E-state index in [2.05, 4.69) is 17.4 Å². The smallest absolute Gasteiger partial charge is 0.324 e. The van der Waals surface area contributed by atoms with Crippen LogP contribution >= 0.6 is 0 Å². The van der Waals surface area contributed by atoms with Gasteiger partial charge in [0.25, 0.3) is 0 Å². The molecule has 0 atom stereocenters. The number of nitrogens with one attached hydrogen (secondary N) is 1. The van der Waals surface area contributed by atoms with E-state index in [9.17, 15) is 9.59 Å². The first-order chi connectivity index (χ1) is 9.21. The molecule has 7 heteroatoms. The van der Waals surface area contributed by atoms with Crippen LogP contribution in [-0.2, 0) is 14.3 Å². The lowest BCUT2D eigenvalue weighted by Gasteiger charge is -2.36. The van der Waals surface area contributed by atoms with Gasteiger partial charge in [-0.15, -0.1) is 0 Å². The summed E-state index contributed by atoms with van der Waals surface area (Å²) in [4.78, 5) is 22.8. The Morgan fingerprint density at radius 1 is 1.50 bits per heavy atom. The fourth-order valence-corrected chi connectivity index (χ4v) is 1.50. The molecule has 1 aliphatic rings. The van der Waals surface area contributed by atoms with Crippen LogP contribution in [0.4, 0.5) is 0 Å². The number of hydrogen-bond donors (Lipinski definition) is 1. The monoisotopic (exact) mass is 281 g/mol. The molecule has 7 nitrogen and oxygen atoms in total. The number of carbonyl (C=O) groups is 2. The highest BCUT2D eigenvalue weighted by Gasteiger charge is 2.18. The summed E-state index contributed by atoms with van der Waals surface area (Å²) in [5.41, 5.74) is 4.39. The van der Waals surface area contributed by atoms with Gasteiger partial charge >= 0.3 is 5.97 Å². The molecule has 1 N–H and O–H groups in total. The second-order valence-corrected chi connectivity index (χ2v) is 5.34. The van der Waals surface area contributed by atoms with Gasteiger partial charge in [-0.25, -0.2) is 0 Å². The van der Waals surface area contributed by atoms with Crippen LogP contribution in [0.2, 0.25) is 0 Å². The van der Waals surface area contributed by atoms with Gasteiger partial charge < -0.3 is 25.6 Å². The Bertz CT molecular complexity index is 426. The van der Waals surface area contributed by atoms with Crippen molar-refractivity contribution in [3.05, 3.63) is 30.1 Å². The number of likely N-dealkylation sites (N-methyl/N-ethyl adjacent to an activating group) is 1. The van der Waals surface area contributed by atoms with E-state index in [0.717, 1.165) is 5.70 Å². The van der Waals surface area contributed by atoms with Crippen LogP contribution in [0.15, 0.2) is 24.6 Å². The highest BCUT2D eigenvalue weighted by atomic mass is 16.6. The number of ether oxygens (including phenoxy) is 1. The van der Waals surface area contributed by atoms with Crippen molar-refractivity contribution in [2.45, 2.75) is 26.4 Å². The van der Waals surface area contributed by atoms with Crippen molar-refractivity contribution in [1.29, 1.82) is 0 Å². The van der Waals surface area contributed by atoms with E-state index in [1.165, 1.54) is 11.1 Å². The maximum atomic E-state index is 11.7. The molecule has 0 unspecified atom stereocenters. The zero-order chi connectivity index (χ0) is 15.3. The van der Waals surface area contributed by atoms with Crippen molar-refractivity contribution in [2.24, 2.45) is 0 Å². The van der Waals surface area contributed by atoms with Gasteiger partial charge in [0.2, 0.25) is 5.91 Å². The summed E-state index contributed by atoms with van der Waals surface area (Å²) in [7, 11) is 1.74. The van der Waals surface area contributed by atoms with Crippen LogP contribution in [0.3, 0.4) is 0 Å². The lowest BCUT2D eigenvalue weighted by Crippen LogP contribution is -2.30. The first-order valence-electron chi connectivity index (χ1n) is 6.26. The molecule has 20 heavy (non-hydrogen) atoms. The van der Waals surface area contributed by atoms with Crippen LogP contribution in [0.1, 0.15) is 20.8 Å². The van der Waals surface area contributed by atoms with Gasteiger partial charge in [-0.05, 0) is 33.9 Å². The van der Waals surface area contributed by atoms with Crippen molar-refractivity contribution in [3.63, 3.8) is 0 Å². The Kier molecular flexibility index (Phi) is 5.15. The molecule has 0 radical (unpaired) electrons. The van der Waals surface area contributed by atoms with Gasteiger partial charge in [0, 0.05) is 11.9 Å². The first kappa shape index (κ1) is 16.0. The lowest BCUT2D eigenvalue weighted by atomic mass is 10.2. The topological polar surface area (TPSA) is 76.0 Å². The molecule has 0 aromatic carbocycles. The highest BCUT2D eigenvalue weighted by Crippen LogP contribution is 2.20. The highest BCUT2D eigenvalue weighted by molar-refractivity contribution is 5.87. The summed E-state index contributed by atoms with van der Waals surface area (Å²) < 4.78 is 5.21. The van der Waals surface area contributed by atoms with E-state index in [1.54, 1.807) is 18.3 Å². The Balaban J connectivity index is 2.49. The molecule has 0 bridgehead atoms. The second kappa shape index (κ2) is 6.42. The Labute approximate surface area is 119 Å². The Morgan fingerprint density at radius 3 is 2.70 bits per heavy atom. The molecule has 0 aromatic rings. The van der Waals surface area contributed by atoms with Crippen molar-refractivity contribution in [3.8, 4) is 0 Å². The second-order valence-electron chi connectivity index (χ2n) is 5.34. The molecule has 0 aromatic heterocycles. The van der Waals surface area contributed by atoms with Crippen LogP contribution < -0.4 is 5.32 Å². The minimum absolute atomic E-state index is 0.0283. The number of carbonyl (C=O) groups excluding carboxylic acids is 2. The predicted octanol–water partition coefficient (Wildman–Crippen LogP) is 0.923. The van der Waals surface area contributed by atoms with Gasteiger partial charge in [-0.2, -0.15) is 0 Å². The Hall–Kier alpha value is -2.02. The first-order valence-corrected chi connectivity index (χ1v) is 6.26. The van der Waals surface area contributed by atoms with E-state index in [-0.39, 0.29) is 18.4 Å². The number of amides is 1. The van der Waals surface area contributed by atoms with E-state index in [1.807, 2.05) is 20.8 Å². The Morgan fingerprint density at radius 2 is 2.15 bits per heavy atom. The summed E-state index contributed by atoms with van der Waals surface area (Å²) in [5.74, 6) is -0.618. The van der Waals surface area contributed by atoms with Crippen LogP contribution in [0.25, 0.3) is 5.53 Å². The minimum Gasteiger partial charge on any atom is -0.475 e. The average Bonchev–Trinajstić information content (AvgIpc) is 2.63. The maximum Gasteiger partial charge on any atom is 0.324 e. The molecule has 1 amide bonds. The van der Waals surface area contributed by atoms with Gasteiger partial charge in [-0.1, -0.05) is 6.58 Å². The molecule has 1 rings (SSSR count). The van der Waals surface area contributed by atoms with Crippen molar-refractivity contribution in [1.82, 2.24) is 15.3 Å². The van der Waals surface area contributed by atoms with Gasteiger partial charge in [-0.3, -0.25) is 9.59 Å².